The lowest BCUT2D eigenvalue weighted by Gasteiger charge is -2.40. The third-order valence-corrected chi connectivity index (χ3v) is 8.30. The maximum absolute atomic E-state index is 13.3. The molecule has 7 nitrogen and oxygen atoms in total. The molecule has 1 aliphatic carbocycles. The van der Waals surface area contributed by atoms with Crippen LogP contribution in [0.15, 0.2) is 42.5 Å². The molecule has 0 spiro atoms. The van der Waals surface area contributed by atoms with E-state index in [-0.39, 0.29) is 11.9 Å². The molecule has 2 aliphatic rings. The molecule has 3 heterocycles. The maximum atomic E-state index is 13.3. The number of carbonyl (C=O) groups excluding carboxylic acids is 1. The summed E-state index contributed by atoms with van der Waals surface area (Å²) in [6, 6.07) is 13.2. The van der Waals surface area contributed by atoms with Gasteiger partial charge in [-0.25, -0.2) is 9.38 Å². The number of para-hydroxylation sites is 1. The van der Waals surface area contributed by atoms with Gasteiger partial charge in [0.2, 0.25) is 5.95 Å². The summed E-state index contributed by atoms with van der Waals surface area (Å²) in [6.07, 6.45) is 6.00. The van der Waals surface area contributed by atoms with Crippen LogP contribution in [0.25, 0.3) is 16.6 Å². The molecule has 1 amide bonds. The molecule has 0 radical (unpaired) electrons. The van der Waals surface area contributed by atoms with Gasteiger partial charge in [-0.1, -0.05) is 54.6 Å². The van der Waals surface area contributed by atoms with Crippen molar-refractivity contribution in [3.63, 3.8) is 0 Å². The number of piperazine rings is 1. The average molecular weight is 523 g/mol. The zero-order chi connectivity index (χ0) is 24.8. The highest BCUT2D eigenvalue weighted by molar-refractivity contribution is 6.42. The number of halogens is 2. The fourth-order valence-electron chi connectivity index (χ4n) is 5.66. The second kappa shape index (κ2) is 9.52. The fraction of sp³-hybridized carbons (Fsp3) is 0.407. The van der Waals surface area contributed by atoms with Gasteiger partial charge < -0.3 is 9.80 Å². The number of fused-ring (bicyclic) bond motifs is 3. The number of aromatic nitrogens is 4. The van der Waals surface area contributed by atoms with E-state index >= 15 is 0 Å². The van der Waals surface area contributed by atoms with Crippen molar-refractivity contribution in [2.75, 3.05) is 24.5 Å². The van der Waals surface area contributed by atoms with Crippen LogP contribution >= 0.6 is 23.2 Å². The molecular weight excluding hydrogens is 495 g/mol. The van der Waals surface area contributed by atoms with E-state index < -0.39 is 0 Å². The minimum absolute atomic E-state index is 0.0152. The third kappa shape index (κ3) is 4.08. The number of anilines is 1. The van der Waals surface area contributed by atoms with Crippen molar-refractivity contribution < 1.29 is 4.79 Å². The minimum Gasteiger partial charge on any atom is -0.338 e. The van der Waals surface area contributed by atoms with Crippen molar-refractivity contribution >= 4 is 51.6 Å². The number of benzene rings is 2. The molecule has 2 aromatic carbocycles. The Kier molecular flexibility index (Phi) is 6.21. The molecular formula is C27H28Cl2N6O. The van der Waals surface area contributed by atoms with E-state index in [9.17, 15) is 4.79 Å². The van der Waals surface area contributed by atoms with E-state index in [0.717, 1.165) is 41.2 Å². The van der Waals surface area contributed by atoms with Crippen LogP contribution in [0, 0.1) is 0 Å². The van der Waals surface area contributed by atoms with Gasteiger partial charge in [-0.05, 0) is 50.1 Å². The molecule has 1 saturated heterocycles. The van der Waals surface area contributed by atoms with Crippen LogP contribution in [0.2, 0.25) is 10.0 Å². The molecule has 2 fully saturated rings. The molecule has 0 N–H and O–H groups in total. The molecule has 36 heavy (non-hydrogen) atoms. The summed E-state index contributed by atoms with van der Waals surface area (Å²) in [5.41, 5.74) is 2.32. The van der Waals surface area contributed by atoms with Gasteiger partial charge >= 0.3 is 0 Å². The Hall–Kier alpha value is -2.90. The highest BCUT2D eigenvalue weighted by Crippen LogP contribution is 2.35. The number of amides is 1. The summed E-state index contributed by atoms with van der Waals surface area (Å²) < 4.78 is 2.18. The molecule has 186 valence electrons. The predicted molar refractivity (Wildman–Crippen MR) is 143 cm³/mol. The smallest absolute Gasteiger partial charge is 0.254 e. The largest absolute Gasteiger partial charge is 0.338 e. The summed E-state index contributed by atoms with van der Waals surface area (Å²) >= 11 is 12.2. The topological polar surface area (TPSA) is 66.6 Å². The van der Waals surface area contributed by atoms with Gasteiger partial charge in [0.05, 0.1) is 15.6 Å². The SMILES string of the molecule is CC1CN(c2nc3ccccc3c3nnc(C4CCCCC4)n23)CCN1C(=O)c1ccc(Cl)c(Cl)c1. The molecule has 4 aromatic rings. The lowest BCUT2D eigenvalue weighted by molar-refractivity contribution is 0.0673. The van der Waals surface area contributed by atoms with Gasteiger partial charge in [0.15, 0.2) is 5.65 Å². The van der Waals surface area contributed by atoms with Crippen LogP contribution in [0.4, 0.5) is 5.95 Å². The van der Waals surface area contributed by atoms with Gasteiger partial charge in [-0.3, -0.25) is 4.79 Å². The van der Waals surface area contributed by atoms with Crippen molar-refractivity contribution in [2.45, 2.75) is 51.0 Å². The first-order valence-electron chi connectivity index (χ1n) is 12.7. The summed E-state index contributed by atoms with van der Waals surface area (Å²) in [7, 11) is 0. The maximum Gasteiger partial charge on any atom is 0.254 e. The number of rotatable bonds is 3. The highest BCUT2D eigenvalue weighted by atomic mass is 35.5. The van der Waals surface area contributed by atoms with Gasteiger partial charge in [-0.15, -0.1) is 10.2 Å². The Bertz CT molecular complexity index is 1450. The Balaban J connectivity index is 1.35. The van der Waals surface area contributed by atoms with Gasteiger partial charge in [-0.2, -0.15) is 0 Å². The molecule has 2 aromatic heterocycles. The van der Waals surface area contributed by atoms with Crippen LogP contribution in [-0.4, -0.2) is 56.1 Å². The first-order valence-corrected chi connectivity index (χ1v) is 13.4. The van der Waals surface area contributed by atoms with E-state index in [2.05, 4.69) is 27.4 Å². The zero-order valence-corrected chi connectivity index (χ0v) is 21.7. The van der Waals surface area contributed by atoms with E-state index in [0.29, 0.717) is 41.2 Å². The standard InChI is InChI=1S/C27H28Cl2N6O/c1-17-16-33(13-14-34(17)26(36)19-11-12-21(28)22(29)15-19)27-30-23-10-6-5-9-20(23)25-32-31-24(35(25)27)18-7-3-2-4-8-18/h5-6,9-12,15,17-18H,2-4,7-8,13-14,16H2,1H3. The van der Waals surface area contributed by atoms with Crippen molar-refractivity contribution in [2.24, 2.45) is 0 Å². The van der Waals surface area contributed by atoms with Crippen LogP contribution in [0.1, 0.15) is 61.1 Å². The monoisotopic (exact) mass is 522 g/mol. The Morgan fingerprint density at radius 2 is 1.78 bits per heavy atom. The number of carbonyl (C=O) groups is 1. The lowest BCUT2D eigenvalue weighted by atomic mass is 9.89. The van der Waals surface area contributed by atoms with Crippen molar-refractivity contribution in [1.29, 1.82) is 0 Å². The van der Waals surface area contributed by atoms with E-state index in [1.54, 1.807) is 18.2 Å². The van der Waals surface area contributed by atoms with E-state index in [1.807, 2.05) is 23.1 Å². The molecule has 1 unspecified atom stereocenters. The Morgan fingerprint density at radius 1 is 0.972 bits per heavy atom. The van der Waals surface area contributed by atoms with Crippen molar-refractivity contribution in [3.05, 3.63) is 63.9 Å². The summed E-state index contributed by atoms with van der Waals surface area (Å²) in [5.74, 6) is 2.23. The molecule has 1 saturated carbocycles. The summed E-state index contributed by atoms with van der Waals surface area (Å²) in [5, 5.41) is 11.2. The second-order valence-electron chi connectivity index (χ2n) is 9.90. The minimum atomic E-state index is -0.0375. The quantitative estimate of drug-likeness (QED) is 0.331. The first kappa shape index (κ1) is 23.5. The van der Waals surface area contributed by atoms with E-state index in [4.69, 9.17) is 33.3 Å². The van der Waals surface area contributed by atoms with Crippen LogP contribution in [-0.2, 0) is 0 Å². The Morgan fingerprint density at radius 3 is 2.56 bits per heavy atom. The van der Waals surface area contributed by atoms with E-state index in [1.165, 1.54) is 19.3 Å². The second-order valence-corrected chi connectivity index (χ2v) is 10.7. The summed E-state index contributed by atoms with van der Waals surface area (Å²) in [4.78, 5) is 22.6. The fourth-order valence-corrected chi connectivity index (χ4v) is 5.96. The van der Waals surface area contributed by atoms with Gasteiger partial charge in [0.1, 0.15) is 5.82 Å². The Labute approximate surface area is 220 Å². The molecule has 0 bridgehead atoms. The normalized spacial score (nSPS) is 19.4. The number of nitrogens with zero attached hydrogens (tertiary/aromatic N) is 6. The summed E-state index contributed by atoms with van der Waals surface area (Å²) in [6.45, 7) is 3.99. The lowest BCUT2D eigenvalue weighted by Crippen LogP contribution is -2.54. The highest BCUT2D eigenvalue weighted by Gasteiger charge is 2.32. The van der Waals surface area contributed by atoms with Gasteiger partial charge in [0.25, 0.3) is 5.91 Å². The molecule has 9 heteroatoms. The van der Waals surface area contributed by atoms with Crippen LogP contribution in [0.5, 0.6) is 0 Å². The zero-order valence-electron chi connectivity index (χ0n) is 20.2. The predicted octanol–water partition coefficient (Wildman–Crippen LogP) is 5.98. The number of hydrogen-bond acceptors (Lipinski definition) is 5. The molecule has 6 rings (SSSR count). The van der Waals surface area contributed by atoms with Crippen LogP contribution in [0.3, 0.4) is 0 Å². The molecule has 1 atom stereocenters. The molecule has 1 aliphatic heterocycles. The van der Waals surface area contributed by atoms with Crippen molar-refractivity contribution in [3.8, 4) is 0 Å². The van der Waals surface area contributed by atoms with Crippen molar-refractivity contribution in [1.82, 2.24) is 24.5 Å². The first-order chi connectivity index (χ1) is 17.5. The average Bonchev–Trinajstić information content (AvgIpc) is 3.35. The van der Waals surface area contributed by atoms with Crippen LogP contribution < -0.4 is 4.90 Å². The van der Waals surface area contributed by atoms with Gasteiger partial charge in [0, 0.05) is 42.5 Å². The third-order valence-electron chi connectivity index (χ3n) is 7.56. The number of hydrogen-bond donors (Lipinski definition) is 0.